The van der Waals surface area contributed by atoms with Gasteiger partial charge in [-0.3, -0.25) is 9.98 Å². The van der Waals surface area contributed by atoms with Gasteiger partial charge in [-0.2, -0.15) is 10.2 Å². The van der Waals surface area contributed by atoms with E-state index in [1.807, 2.05) is 7.05 Å². The van der Waals surface area contributed by atoms with Crippen LogP contribution in [0.3, 0.4) is 0 Å². The summed E-state index contributed by atoms with van der Waals surface area (Å²) < 4.78 is 0. The Hall–Kier alpha value is -1.57. The molecular formula is C57H90N4O. The van der Waals surface area contributed by atoms with Crippen molar-refractivity contribution in [1.82, 2.24) is 0 Å². The maximum absolute atomic E-state index is 9.90. The van der Waals surface area contributed by atoms with Crippen LogP contribution < -0.4 is 0 Å². The van der Waals surface area contributed by atoms with Crippen LogP contribution in [0.25, 0.3) is 0 Å². The zero-order valence-electron chi connectivity index (χ0n) is 41.5. The molecule has 62 heavy (non-hydrogen) atoms. The van der Waals surface area contributed by atoms with E-state index in [0.29, 0.717) is 5.41 Å². The molecule has 27 aliphatic rings. The molecule has 27 saturated carbocycles. The van der Waals surface area contributed by atoms with Gasteiger partial charge in [0.2, 0.25) is 0 Å². The molecule has 0 N–H and O–H groups in total. The summed E-state index contributed by atoms with van der Waals surface area (Å²) in [6.07, 6.45) is 39.2. The summed E-state index contributed by atoms with van der Waals surface area (Å²) in [4.78, 5) is 18.1. The Morgan fingerprint density at radius 1 is 0.387 bits per heavy atom. The van der Waals surface area contributed by atoms with Crippen LogP contribution in [0, 0.1) is 113 Å². The molecule has 27 aliphatic carbocycles. The zero-order chi connectivity index (χ0) is 43.8. The molecule has 18 bridgehead atoms. The maximum atomic E-state index is 9.90. The van der Waals surface area contributed by atoms with Crippen molar-refractivity contribution in [3.8, 4) is 6.07 Å². The van der Waals surface area contributed by atoms with Crippen molar-refractivity contribution in [1.29, 1.82) is 5.26 Å². The third kappa shape index (κ3) is 8.08. The Morgan fingerprint density at radius 2 is 0.597 bits per heavy atom. The molecule has 0 aromatic carbocycles. The predicted molar refractivity (Wildman–Crippen MR) is 256 cm³/mol. The lowest BCUT2D eigenvalue weighted by atomic mass is 9.43. The minimum atomic E-state index is -0.0231. The SMILES string of the molecule is CC12CC(C1)C2.CC12CC(C1)C2.CC12CC(C1)C2.CC12CC(C1)C2.CC12CC(C1)C2.CC12CC(C1)C2.CN=C(C#N)C12CC(C1)C2.CN=C(C)C12CC(C1)C2.O=NC12CC(C1)C2. The van der Waals surface area contributed by atoms with Gasteiger partial charge in [-0.1, -0.05) is 46.7 Å². The van der Waals surface area contributed by atoms with Crippen LogP contribution in [0.4, 0.5) is 0 Å². The van der Waals surface area contributed by atoms with Crippen molar-refractivity contribution in [3.63, 3.8) is 0 Å². The molecule has 0 aliphatic heterocycles. The lowest BCUT2D eigenvalue weighted by Gasteiger charge is -2.61. The maximum Gasteiger partial charge on any atom is 0.118 e. The molecule has 0 saturated heterocycles. The minimum absolute atomic E-state index is 0.0231. The van der Waals surface area contributed by atoms with Crippen molar-refractivity contribution in [2.24, 2.45) is 112 Å². The van der Waals surface area contributed by atoms with Crippen LogP contribution in [0.15, 0.2) is 15.2 Å². The Bertz CT molecular complexity index is 1520. The van der Waals surface area contributed by atoms with Crippen LogP contribution >= 0.6 is 0 Å². The van der Waals surface area contributed by atoms with E-state index in [2.05, 4.69) is 69.7 Å². The number of aliphatic imine (C=N–C) groups is 2. The van der Waals surface area contributed by atoms with E-state index in [9.17, 15) is 4.91 Å². The van der Waals surface area contributed by atoms with Crippen LogP contribution in [0.2, 0.25) is 0 Å². The molecule has 0 amide bonds. The molecule has 27 fully saturated rings. The molecule has 27 rings (SSSR count). The van der Waals surface area contributed by atoms with Gasteiger partial charge in [0, 0.05) is 30.6 Å². The van der Waals surface area contributed by atoms with Gasteiger partial charge in [0.15, 0.2) is 0 Å². The van der Waals surface area contributed by atoms with Gasteiger partial charge in [-0.25, -0.2) is 0 Å². The first-order valence-electron chi connectivity index (χ1n) is 26.8. The van der Waals surface area contributed by atoms with Gasteiger partial charge in [-0.05, 0) is 266 Å². The monoisotopic (exact) mass is 847 g/mol. The second kappa shape index (κ2) is 15.0. The van der Waals surface area contributed by atoms with E-state index >= 15 is 0 Å². The fraction of sp³-hybridized carbons (Fsp3) is 0.947. The highest BCUT2D eigenvalue weighted by Gasteiger charge is 2.61. The predicted octanol–water partition coefficient (Wildman–Crippen LogP) is 15.4. The molecule has 0 aromatic heterocycles. The fourth-order valence-corrected chi connectivity index (χ4v) is 17.3. The number of nitroso groups, excluding NO2 is 1. The first kappa shape index (κ1) is 44.3. The lowest BCUT2D eigenvalue weighted by Crippen LogP contribution is -2.56. The van der Waals surface area contributed by atoms with Crippen LogP contribution in [0.5, 0.6) is 0 Å². The van der Waals surface area contributed by atoms with Crippen LogP contribution in [0.1, 0.15) is 222 Å². The van der Waals surface area contributed by atoms with Gasteiger partial charge < -0.3 is 0 Å². The van der Waals surface area contributed by atoms with Gasteiger partial charge in [0.25, 0.3) is 0 Å². The van der Waals surface area contributed by atoms with Crippen LogP contribution in [-0.2, 0) is 0 Å². The normalized spacial score (nSPS) is 56.4. The van der Waals surface area contributed by atoms with E-state index < -0.39 is 0 Å². The minimum Gasteiger partial charge on any atom is -0.297 e. The number of hydrogen-bond donors (Lipinski definition) is 0. The Morgan fingerprint density at radius 3 is 0.629 bits per heavy atom. The van der Waals surface area contributed by atoms with Crippen molar-refractivity contribution in [2.75, 3.05) is 14.1 Å². The average Bonchev–Trinajstić information content (AvgIpc) is 2.96. The highest BCUT2D eigenvalue weighted by atomic mass is 16.3. The Labute approximate surface area is 379 Å². The van der Waals surface area contributed by atoms with E-state index in [4.69, 9.17) is 5.26 Å². The second-order valence-electron chi connectivity index (χ2n) is 29.5. The first-order valence-corrected chi connectivity index (χ1v) is 26.8. The standard InChI is InChI=1S/C8H10N2.C8H13N.6C6H10.C5H7NO/c1-10-7(5-9)8-2-6(3-8)4-8;1-6(9-2)8-3-7(4-8)5-8;6*1-6-2-5(3-6)4-6;7-6-5-1-4(2-5)3-5/h6H,2-4H2,1H3;7H,3-5H2,1-2H3;6*5H,2-4H2,1H3;4H,1-3H2. The molecule has 5 nitrogen and oxygen atoms in total. The molecule has 0 atom stereocenters. The quantitative estimate of drug-likeness (QED) is 0.209. The smallest absolute Gasteiger partial charge is 0.118 e. The highest BCUT2D eigenvalue weighted by molar-refractivity contribution is 6.04. The number of nitrogens with zero attached hydrogens (tertiary/aromatic N) is 4. The van der Waals surface area contributed by atoms with Gasteiger partial charge >= 0.3 is 0 Å². The van der Waals surface area contributed by atoms with Gasteiger partial charge in [-0.15, -0.1) is 0 Å². The van der Waals surface area contributed by atoms with Crippen molar-refractivity contribution >= 4 is 11.4 Å². The molecular weight excluding hydrogens is 757 g/mol. The fourth-order valence-electron chi connectivity index (χ4n) is 17.3. The molecule has 5 heteroatoms. The second-order valence-corrected chi connectivity index (χ2v) is 29.5. The molecule has 0 radical (unpaired) electrons. The molecule has 0 aromatic rings. The van der Waals surface area contributed by atoms with E-state index in [1.54, 1.807) is 123 Å². The Kier molecular flexibility index (Phi) is 10.7. The topological polar surface area (TPSA) is 77.9 Å². The Balaban J connectivity index is 0.0000000836. The summed E-state index contributed by atoms with van der Waals surface area (Å²) in [7, 11) is 3.63. The summed E-state index contributed by atoms with van der Waals surface area (Å²) in [5, 5.41) is 11.7. The van der Waals surface area contributed by atoms with E-state index in [0.717, 1.165) is 75.2 Å². The third-order valence-electron chi connectivity index (χ3n) is 22.3. The number of nitriles is 1. The number of rotatable bonds is 3. The zero-order valence-corrected chi connectivity index (χ0v) is 41.5. The molecule has 0 unspecified atom stereocenters. The van der Waals surface area contributed by atoms with E-state index in [-0.39, 0.29) is 11.0 Å². The van der Waals surface area contributed by atoms with Gasteiger partial charge in [0.05, 0.1) is 0 Å². The summed E-state index contributed by atoms with van der Waals surface area (Å²) in [6.45, 7) is 16.6. The first-order chi connectivity index (χ1) is 29.1. The van der Waals surface area contributed by atoms with E-state index in [1.165, 1.54) is 79.7 Å². The lowest BCUT2D eigenvalue weighted by molar-refractivity contribution is -0.0883. The van der Waals surface area contributed by atoms with Gasteiger partial charge in [0.1, 0.15) is 17.3 Å². The van der Waals surface area contributed by atoms with Crippen molar-refractivity contribution in [2.45, 2.75) is 227 Å². The average molecular weight is 847 g/mol. The highest BCUT2D eigenvalue weighted by Crippen LogP contribution is 2.68. The molecule has 0 spiro atoms. The summed E-state index contributed by atoms with van der Waals surface area (Å²) >= 11 is 0. The summed E-state index contributed by atoms with van der Waals surface area (Å²) in [5.41, 5.74) is 8.25. The summed E-state index contributed by atoms with van der Waals surface area (Å²) in [5.74, 6) is 9.96. The third-order valence-corrected chi connectivity index (χ3v) is 22.3. The number of hydrogen-bond acceptors (Lipinski definition) is 5. The summed E-state index contributed by atoms with van der Waals surface area (Å²) in [6, 6.07) is 2.18. The van der Waals surface area contributed by atoms with Crippen LogP contribution in [-0.4, -0.2) is 31.1 Å². The van der Waals surface area contributed by atoms with Crippen molar-refractivity contribution < 1.29 is 0 Å². The molecule has 344 valence electrons. The molecule has 0 heterocycles. The largest absolute Gasteiger partial charge is 0.297 e. The van der Waals surface area contributed by atoms with Crippen molar-refractivity contribution in [3.05, 3.63) is 4.91 Å².